The second-order valence-corrected chi connectivity index (χ2v) is 6.90. The zero-order valence-corrected chi connectivity index (χ0v) is 15.5. The minimum absolute atomic E-state index is 0.0124. The normalized spacial score (nSPS) is 19.1. The van der Waals surface area contributed by atoms with Crippen molar-refractivity contribution in [1.82, 2.24) is 5.32 Å². The molecule has 1 aliphatic rings. The van der Waals surface area contributed by atoms with Crippen LogP contribution in [-0.2, 0) is 6.18 Å². The summed E-state index contributed by atoms with van der Waals surface area (Å²) in [6, 6.07) is 13.0. The van der Waals surface area contributed by atoms with Crippen molar-refractivity contribution in [2.45, 2.75) is 44.0 Å². The summed E-state index contributed by atoms with van der Waals surface area (Å²) >= 11 is 0. The van der Waals surface area contributed by atoms with Crippen LogP contribution in [0.25, 0.3) is 0 Å². The van der Waals surface area contributed by atoms with E-state index < -0.39 is 11.7 Å². The fourth-order valence-electron chi connectivity index (χ4n) is 3.26. The second kappa shape index (κ2) is 8.86. The first kappa shape index (κ1) is 20.5. The van der Waals surface area contributed by atoms with E-state index in [9.17, 15) is 18.0 Å². The highest BCUT2D eigenvalue weighted by atomic mass is 19.4. The molecule has 0 radical (unpaired) electrons. The zero-order valence-electron chi connectivity index (χ0n) is 15.5. The van der Waals surface area contributed by atoms with Gasteiger partial charge < -0.3 is 15.4 Å². The number of urea groups is 1. The van der Waals surface area contributed by atoms with Gasteiger partial charge in [-0.25, -0.2) is 4.79 Å². The summed E-state index contributed by atoms with van der Waals surface area (Å²) in [6.45, 7) is 0. The molecule has 0 saturated heterocycles. The highest BCUT2D eigenvalue weighted by molar-refractivity contribution is 5.89. The zero-order chi connectivity index (χ0) is 20.9. The van der Waals surface area contributed by atoms with Crippen molar-refractivity contribution in [3.8, 4) is 11.8 Å². The topological polar surface area (TPSA) is 74.2 Å². The summed E-state index contributed by atoms with van der Waals surface area (Å²) < 4.78 is 43.6. The number of carbonyl (C=O) groups excluding carboxylic acids is 1. The Morgan fingerprint density at radius 2 is 1.76 bits per heavy atom. The Balaban J connectivity index is 1.44. The number of alkyl halides is 3. The number of benzene rings is 2. The molecule has 0 aromatic heterocycles. The van der Waals surface area contributed by atoms with E-state index in [1.54, 1.807) is 24.3 Å². The lowest BCUT2D eigenvalue weighted by Crippen LogP contribution is -2.41. The number of nitrogens with zero attached hydrogens (tertiary/aromatic N) is 1. The number of nitriles is 1. The van der Waals surface area contributed by atoms with Gasteiger partial charge in [-0.1, -0.05) is 6.07 Å². The van der Waals surface area contributed by atoms with Crippen LogP contribution in [0.15, 0.2) is 48.5 Å². The van der Waals surface area contributed by atoms with Crippen molar-refractivity contribution in [1.29, 1.82) is 5.26 Å². The van der Waals surface area contributed by atoms with E-state index in [1.807, 2.05) is 6.07 Å². The molecule has 2 aromatic carbocycles. The van der Waals surface area contributed by atoms with Gasteiger partial charge in [-0.2, -0.15) is 18.4 Å². The largest absolute Gasteiger partial charge is 0.490 e. The van der Waals surface area contributed by atoms with E-state index in [1.165, 1.54) is 12.1 Å². The fraction of sp³-hybridized carbons (Fsp3) is 0.333. The van der Waals surface area contributed by atoms with Crippen molar-refractivity contribution in [3.63, 3.8) is 0 Å². The van der Waals surface area contributed by atoms with Gasteiger partial charge in [0, 0.05) is 11.7 Å². The minimum Gasteiger partial charge on any atom is -0.490 e. The molecule has 0 unspecified atom stereocenters. The average molecular weight is 403 g/mol. The molecule has 1 saturated carbocycles. The van der Waals surface area contributed by atoms with Gasteiger partial charge >= 0.3 is 12.2 Å². The fourth-order valence-corrected chi connectivity index (χ4v) is 3.26. The van der Waals surface area contributed by atoms with Crippen molar-refractivity contribution >= 4 is 11.7 Å². The van der Waals surface area contributed by atoms with E-state index in [-0.39, 0.29) is 18.2 Å². The number of carbonyl (C=O) groups is 1. The monoisotopic (exact) mass is 403 g/mol. The molecule has 2 amide bonds. The lowest BCUT2D eigenvalue weighted by molar-refractivity contribution is -0.137. The van der Waals surface area contributed by atoms with Gasteiger partial charge in [0.05, 0.1) is 23.3 Å². The van der Waals surface area contributed by atoms with Crippen LogP contribution < -0.4 is 15.4 Å². The van der Waals surface area contributed by atoms with Crippen LogP contribution in [0.5, 0.6) is 5.75 Å². The number of hydrogen-bond donors (Lipinski definition) is 2. The molecule has 1 fully saturated rings. The highest BCUT2D eigenvalue weighted by Gasteiger charge is 2.30. The number of amides is 2. The van der Waals surface area contributed by atoms with E-state index >= 15 is 0 Å². The van der Waals surface area contributed by atoms with E-state index in [2.05, 4.69) is 10.6 Å². The second-order valence-electron chi connectivity index (χ2n) is 6.90. The molecule has 0 heterocycles. The van der Waals surface area contributed by atoms with Crippen molar-refractivity contribution in [3.05, 3.63) is 59.7 Å². The maximum Gasteiger partial charge on any atom is 0.416 e. The molecule has 0 aliphatic heterocycles. The molecular formula is C21H20F3N3O2. The molecule has 2 N–H and O–H groups in total. The van der Waals surface area contributed by atoms with Gasteiger partial charge in [0.15, 0.2) is 0 Å². The van der Waals surface area contributed by atoms with Gasteiger partial charge in [0.1, 0.15) is 5.75 Å². The van der Waals surface area contributed by atoms with E-state index in [0.29, 0.717) is 42.7 Å². The summed E-state index contributed by atoms with van der Waals surface area (Å²) in [5.41, 5.74) is 0.300. The highest BCUT2D eigenvalue weighted by Crippen LogP contribution is 2.31. The van der Waals surface area contributed by atoms with Gasteiger partial charge in [0.2, 0.25) is 0 Å². The molecular weight excluding hydrogens is 383 g/mol. The Kier molecular flexibility index (Phi) is 6.27. The summed E-state index contributed by atoms with van der Waals surface area (Å²) in [7, 11) is 0. The smallest absolute Gasteiger partial charge is 0.416 e. The van der Waals surface area contributed by atoms with Gasteiger partial charge in [0.25, 0.3) is 0 Å². The summed E-state index contributed by atoms with van der Waals surface area (Å²) in [5.74, 6) is 0.407. The number of rotatable bonds is 4. The molecule has 29 heavy (non-hydrogen) atoms. The SMILES string of the molecule is N#Cc1cccc(NC(=O)N[C@H]2CC[C@H](Oc3ccc(C(F)(F)F)cc3)CC2)c1. The van der Waals surface area contributed by atoms with Crippen LogP contribution in [0.2, 0.25) is 0 Å². The first-order valence-corrected chi connectivity index (χ1v) is 9.25. The number of ether oxygens (including phenoxy) is 1. The average Bonchev–Trinajstić information content (AvgIpc) is 2.69. The molecule has 2 aromatic rings. The molecule has 0 bridgehead atoms. The summed E-state index contributed by atoms with van der Waals surface area (Å²) in [6.07, 6.45) is -1.67. The molecule has 5 nitrogen and oxygen atoms in total. The quantitative estimate of drug-likeness (QED) is 0.747. The van der Waals surface area contributed by atoms with E-state index in [0.717, 1.165) is 12.1 Å². The predicted octanol–water partition coefficient (Wildman–Crippen LogP) is 5.09. The molecule has 1 aliphatic carbocycles. The van der Waals surface area contributed by atoms with Crippen LogP contribution >= 0.6 is 0 Å². The van der Waals surface area contributed by atoms with Crippen LogP contribution in [-0.4, -0.2) is 18.2 Å². The van der Waals surface area contributed by atoms with Crippen LogP contribution in [0.4, 0.5) is 23.7 Å². The molecule has 8 heteroatoms. The Bertz CT molecular complexity index is 883. The Morgan fingerprint density at radius 3 is 2.38 bits per heavy atom. The number of halogens is 3. The predicted molar refractivity (Wildman–Crippen MR) is 101 cm³/mol. The third-order valence-electron chi connectivity index (χ3n) is 4.74. The molecule has 0 spiro atoms. The van der Waals surface area contributed by atoms with Gasteiger partial charge in [-0.05, 0) is 68.1 Å². The maximum absolute atomic E-state index is 12.6. The van der Waals surface area contributed by atoms with Crippen molar-refractivity contribution in [2.75, 3.05) is 5.32 Å². The Morgan fingerprint density at radius 1 is 1.07 bits per heavy atom. The molecule has 0 atom stereocenters. The van der Waals surface area contributed by atoms with Crippen molar-refractivity contribution < 1.29 is 22.7 Å². The van der Waals surface area contributed by atoms with Gasteiger partial charge in [-0.15, -0.1) is 0 Å². The third kappa shape index (κ3) is 5.88. The first-order valence-electron chi connectivity index (χ1n) is 9.25. The standard InChI is InChI=1S/C21H20F3N3O2/c22-21(23,24)15-4-8-18(9-5-15)29-19-10-6-16(7-11-19)26-20(28)27-17-3-1-2-14(12-17)13-25/h1-5,8-9,12,16,19H,6-7,10-11H2,(H2,26,27,28)/t16-,19-. The van der Waals surface area contributed by atoms with Crippen LogP contribution in [0.1, 0.15) is 36.8 Å². The van der Waals surface area contributed by atoms with Gasteiger partial charge in [-0.3, -0.25) is 0 Å². The van der Waals surface area contributed by atoms with E-state index in [4.69, 9.17) is 10.00 Å². The van der Waals surface area contributed by atoms with Crippen molar-refractivity contribution in [2.24, 2.45) is 0 Å². The number of hydrogen-bond acceptors (Lipinski definition) is 3. The Hall–Kier alpha value is -3.21. The first-order chi connectivity index (χ1) is 13.8. The number of anilines is 1. The summed E-state index contributed by atoms with van der Waals surface area (Å²) in [4.78, 5) is 12.1. The minimum atomic E-state index is -4.36. The molecule has 152 valence electrons. The molecule has 3 rings (SSSR count). The number of nitrogens with one attached hydrogen (secondary N) is 2. The summed E-state index contributed by atoms with van der Waals surface area (Å²) in [5, 5.41) is 14.5. The van der Waals surface area contributed by atoms with Crippen LogP contribution in [0, 0.1) is 11.3 Å². The lowest BCUT2D eigenvalue weighted by atomic mass is 9.93. The Labute approximate surface area is 166 Å². The lowest BCUT2D eigenvalue weighted by Gasteiger charge is -2.29. The maximum atomic E-state index is 12.6. The van der Waals surface area contributed by atoms with Crippen LogP contribution in [0.3, 0.4) is 0 Å². The third-order valence-corrected chi connectivity index (χ3v) is 4.74.